The largest absolute Gasteiger partial charge is 0.448 e. The van der Waals surface area contributed by atoms with Crippen LogP contribution in [0.3, 0.4) is 0 Å². The number of ether oxygens (including phenoxy) is 2. The summed E-state index contributed by atoms with van der Waals surface area (Å²) in [5.41, 5.74) is 6.18. The molecule has 0 saturated carbocycles. The standard InChI is InChI=1S/C35H33ClN6O5/c1-4-33(43)42-17-22(16-41(3)35(45)46-19-27-25-11-7-5-9-23(25)24-10-6-8-12-26(24)27)47-31(18-42)21-13-29(40-32(36)14-21)28-15-30(34(44)37-2)39-20-38-28/h4-15,20,22,27,31H,1,16-19H2,2-3H3,(H,37,44). The number of fused-ring (bicyclic) bond motifs is 3. The van der Waals surface area contributed by atoms with Crippen LogP contribution in [-0.4, -0.2) is 89.1 Å². The number of carbonyl (C=O) groups excluding carboxylic acids is 3. The molecule has 0 bridgehead atoms. The first-order chi connectivity index (χ1) is 22.7. The highest BCUT2D eigenvalue weighted by Crippen LogP contribution is 2.44. The van der Waals surface area contributed by atoms with Crippen LogP contribution < -0.4 is 5.32 Å². The van der Waals surface area contributed by atoms with Gasteiger partial charge in [0, 0.05) is 26.6 Å². The van der Waals surface area contributed by atoms with Gasteiger partial charge in [0.2, 0.25) is 5.91 Å². The molecule has 2 aliphatic rings. The van der Waals surface area contributed by atoms with Crippen molar-refractivity contribution in [3.63, 3.8) is 0 Å². The van der Waals surface area contributed by atoms with Gasteiger partial charge in [0.25, 0.3) is 5.91 Å². The number of hydrogen-bond donors (Lipinski definition) is 1. The van der Waals surface area contributed by atoms with Crippen molar-refractivity contribution in [2.24, 2.45) is 0 Å². The van der Waals surface area contributed by atoms with E-state index in [0.29, 0.717) is 17.0 Å². The summed E-state index contributed by atoms with van der Waals surface area (Å²) in [7, 11) is 3.16. The number of nitrogens with zero attached hydrogens (tertiary/aromatic N) is 5. The minimum Gasteiger partial charge on any atom is -0.448 e. The molecule has 0 spiro atoms. The van der Waals surface area contributed by atoms with Crippen molar-refractivity contribution in [1.82, 2.24) is 30.1 Å². The van der Waals surface area contributed by atoms with E-state index < -0.39 is 18.3 Å². The van der Waals surface area contributed by atoms with Crippen LogP contribution in [0.25, 0.3) is 22.5 Å². The van der Waals surface area contributed by atoms with Crippen LogP contribution in [0.4, 0.5) is 4.79 Å². The Balaban J connectivity index is 1.17. The number of hydrogen-bond acceptors (Lipinski definition) is 8. The van der Waals surface area contributed by atoms with Crippen LogP contribution in [-0.2, 0) is 14.3 Å². The molecule has 6 rings (SSSR count). The maximum Gasteiger partial charge on any atom is 0.409 e. The fraction of sp³-hybridized carbons (Fsp3) is 0.257. The van der Waals surface area contributed by atoms with E-state index in [1.165, 1.54) is 30.4 Å². The highest BCUT2D eigenvalue weighted by molar-refractivity contribution is 6.29. The molecule has 47 heavy (non-hydrogen) atoms. The van der Waals surface area contributed by atoms with Crippen LogP contribution in [0, 0.1) is 0 Å². The number of morpholine rings is 1. The molecule has 1 aliphatic carbocycles. The predicted molar refractivity (Wildman–Crippen MR) is 176 cm³/mol. The topological polar surface area (TPSA) is 127 Å². The zero-order chi connectivity index (χ0) is 33.1. The number of likely N-dealkylation sites (N-methyl/N-ethyl adjacent to an activating group) is 1. The van der Waals surface area contributed by atoms with Crippen molar-refractivity contribution < 1.29 is 23.9 Å². The number of aromatic nitrogens is 3. The molecule has 12 heteroatoms. The van der Waals surface area contributed by atoms with E-state index in [-0.39, 0.29) is 54.8 Å². The first-order valence-electron chi connectivity index (χ1n) is 15.1. The van der Waals surface area contributed by atoms with Crippen molar-refractivity contribution >= 4 is 29.5 Å². The lowest BCUT2D eigenvalue weighted by Crippen LogP contribution is -2.50. The van der Waals surface area contributed by atoms with Gasteiger partial charge in [-0.3, -0.25) is 9.59 Å². The van der Waals surface area contributed by atoms with Gasteiger partial charge in [-0.1, -0.05) is 66.7 Å². The quantitative estimate of drug-likeness (QED) is 0.211. The Bertz CT molecular complexity index is 1810. The summed E-state index contributed by atoms with van der Waals surface area (Å²) in [4.78, 5) is 53.9. The van der Waals surface area contributed by atoms with Gasteiger partial charge in [-0.25, -0.2) is 19.7 Å². The van der Waals surface area contributed by atoms with Crippen LogP contribution in [0.15, 0.2) is 85.7 Å². The van der Waals surface area contributed by atoms with E-state index in [4.69, 9.17) is 21.1 Å². The molecule has 1 fully saturated rings. The lowest BCUT2D eigenvalue weighted by Gasteiger charge is -2.39. The van der Waals surface area contributed by atoms with Gasteiger partial charge < -0.3 is 24.6 Å². The number of benzene rings is 2. The minimum absolute atomic E-state index is 0.0660. The summed E-state index contributed by atoms with van der Waals surface area (Å²) in [6.07, 6.45) is 0.884. The maximum atomic E-state index is 13.2. The Morgan fingerprint density at radius 3 is 2.43 bits per heavy atom. The first kappa shape index (κ1) is 31.8. The highest BCUT2D eigenvalue weighted by Gasteiger charge is 2.34. The first-order valence-corrected chi connectivity index (χ1v) is 15.5. The van der Waals surface area contributed by atoms with Gasteiger partial charge in [-0.05, 0) is 52.1 Å². The second-order valence-corrected chi connectivity index (χ2v) is 11.7. The Morgan fingerprint density at radius 1 is 1.04 bits per heavy atom. The summed E-state index contributed by atoms with van der Waals surface area (Å²) < 4.78 is 12.3. The van der Waals surface area contributed by atoms with Crippen LogP contribution in [0.5, 0.6) is 0 Å². The molecule has 2 aromatic heterocycles. The molecular formula is C35H33ClN6O5. The lowest BCUT2D eigenvalue weighted by atomic mass is 9.98. The Hall–Kier alpha value is -5.13. The monoisotopic (exact) mass is 652 g/mol. The van der Waals surface area contributed by atoms with Gasteiger partial charge in [-0.2, -0.15) is 0 Å². The average Bonchev–Trinajstić information content (AvgIpc) is 3.42. The smallest absolute Gasteiger partial charge is 0.409 e. The van der Waals surface area contributed by atoms with Crippen LogP contribution in [0.2, 0.25) is 5.15 Å². The molecule has 11 nitrogen and oxygen atoms in total. The summed E-state index contributed by atoms with van der Waals surface area (Å²) in [5.74, 6) is -0.698. The normalized spacial score (nSPS) is 17.0. The van der Waals surface area contributed by atoms with Crippen LogP contribution in [0.1, 0.15) is 39.2 Å². The fourth-order valence-electron chi connectivity index (χ4n) is 6.10. The van der Waals surface area contributed by atoms with Crippen LogP contribution >= 0.6 is 11.6 Å². The van der Waals surface area contributed by atoms with E-state index in [1.54, 1.807) is 24.1 Å². The van der Waals surface area contributed by atoms with Gasteiger partial charge >= 0.3 is 6.09 Å². The van der Waals surface area contributed by atoms with E-state index in [1.807, 2.05) is 24.3 Å². The van der Waals surface area contributed by atoms with E-state index in [2.05, 4.69) is 51.1 Å². The number of rotatable bonds is 8. The third kappa shape index (κ3) is 6.72. The van der Waals surface area contributed by atoms with Crippen molar-refractivity contribution in [1.29, 1.82) is 0 Å². The summed E-state index contributed by atoms with van der Waals surface area (Å²) in [6.45, 7) is 4.47. The van der Waals surface area contributed by atoms with Gasteiger partial charge in [0.05, 0.1) is 30.6 Å². The second-order valence-electron chi connectivity index (χ2n) is 11.4. The van der Waals surface area contributed by atoms with Crippen molar-refractivity contribution in [2.45, 2.75) is 18.1 Å². The number of pyridine rings is 1. The molecule has 240 valence electrons. The molecule has 3 heterocycles. The minimum atomic E-state index is -0.604. The molecule has 2 aromatic carbocycles. The van der Waals surface area contributed by atoms with Crippen molar-refractivity contribution in [2.75, 3.05) is 40.3 Å². The molecule has 3 amide bonds. The van der Waals surface area contributed by atoms with Gasteiger partial charge in [-0.15, -0.1) is 0 Å². The predicted octanol–water partition coefficient (Wildman–Crippen LogP) is 4.89. The number of nitrogens with one attached hydrogen (secondary N) is 1. The summed E-state index contributed by atoms with van der Waals surface area (Å²) in [6, 6.07) is 21.2. The summed E-state index contributed by atoms with van der Waals surface area (Å²) in [5, 5.41) is 2.72. The molecule has 4 aromatic rings. The SMILES string of the molecule is C=CC(=O)N1CC(CN(C)C(=O)OCC2c3ccccc3-c3ccccc32)OC(c2cc(Cl)nc(-c3cc(C(=O)NC)ncn3)c2)C1. The Kier molecular flexibility index (Phi) is 9.28. The third-order valence-corrected chi connectivity index (χ3v) is 8.55. The van der Waals surface area contributed by atoms with Gasteiger partial charge in [0.15, 0.2) is 0 Å². The van der Waals surface area contributed by atoms with Crippen molar-refractivity contribution in [3.05, 3.63) is 113 Å². The zero-order valence-corrected chi connectivity index (χ0v) is 26.7. The Labute approximate surface area is 277 Å². The molecule has 2 atom stereocenters. The summed E-state index contributed by atoms with van der Waals surface area (Å²) >= 11 is 6.43. The lowest BCUT2D eigenvalue weighted by molar-refractivity contribution is -0.142. The zero-order valence-electron chi connectivity index (χ0n) is 25.9. The highest BCUT2D eigenvalue weighted by atomic mass is 35.5. The molecule has 2 unspecified atom stereocenters. The third-order valence-electron chi connectivity index (χ3n) is 8.36. The van der Waals surface area contributed by atoms with E-state index in [0.717, 1.165) is 22.3 Å². The number of carbonyl (C=O) groups is 3. The molecular weight excluding hydrogens is 620 g/mol. The van der Waals surface area contributed by atoms with Gasteiger partial charge in [0.1, 0.15) is 29.9 Å². The van der Waals surface area contributed by atoms with Crippen molar-refractivity contribution in [3.8, 4) is 22.5 Å². The van der Waals surface area contributed by atoms with E-state index >= 15 is 0 Å². The second kappa shape index (κ2) is 13.7. The van der Waals surface area contributed by atoms with E-state index in [9.17, 15) is 14.4 Å². The number of halogens is 1. The average molecular weight is 653 g/mol. The fourth-order valence-corrected chi connectivity index (χ4v) is 6.32. The Morgan fingerprint density at radius 2 is 1.74 bits per heavy atom. The maximum absolute atomic E-state index is 13.2. The number of amides is 3. The molecule has 0 radical (unpaired) electrons. The molecule has 1 saturated heterocycles. The molecule has 1 N–H and O–H groups in total. The molecule has 1 aliphatic heterocycles.